The predicted octanol–water partition coefficient (Wildman–Crippen LogP) is 1.73. The zero-order valence-electron chi connectivity index (χ0n) is 11.8. The van der Waals surface area contributed by atoms with Crippen molar-refractivity contribution >= 4 is 0 Å². The zero-order valence-corrected chi connectivity index (χ0v) is 11.8. The first kappa shape index (κ1) is 14.0. The van der Waals surface area contributed by atoms with Crippen LogP contribution in [0.4, 0.5) is 0 Å². The van der Waals surface area contributed by atoms with Gasteiger partial charge in [-0.25, -0.2) is 0 Å². The molecular formula is C16H23NO3. The average Bonchev–Trinajstić information content (AvgIpc) is 3.01. The number of benzene rings is 1. The molecule has 2 aliphatic rings. The maximum absolute atomic E-state index is 10.8. The van der Waals surface area contributed by atoms with Crippen LogP contribution < -0.4 is 0 Å². The number of aliphatic hydroxyl groups is 1. The molecule has 0 atom stereocenters. The number of hydrogen-bond donors (Lipinski definition) is 1. The second-order valence-corrected chi connectivity index (χ2v) is 5.70. The van der Waals surface area contributed by atoms with Gasteiger partial charge in [-0.15, -0.1) is 0 Å². The molecule has 1 N–H and O–H groups in total. The van der Waals surface area contributed by atoms with Crippen LogP contribution in [0.25, 0.3) is 0 Å². The first-order chi connectivity index (χ1) is 9.76. The van der Waals surface area contributed by atoms with E-state index < -0.39 is 5.60 Å². The van der Waals surface area contributed by atoms with E-state index in [1.165, 1.54) is 0 Å². The molecule has 0 aliphatic carbocycles. The molecule has 4 nitrogen and oxygen atoms in total. The molecule has 0 unspecified atom stereocenters. The molecule has 0 bridgehead atoms. The minimum absolute atomic E-state index is 0.0232. The van der Waals surface area contributed by atoms with Crippen LogP contribution in [0, 0.1) is 0 Å². The normalized spacial score (nSPS) is 24.1. The Morgan fingerprint density at radius 3 is 2.40 bits per heavy atom. The zero-order chi connectivity index (χ0) is 13.8. The number of hydrogen-bond acceptors (Lipinski definition) is 4. The van der Waals surface area contributed by atoms with Crippen molar-refractivity contribution in [2.75, 3.05) is 32.8 Å². The minimum Gasteiger partial charge on any atom is -0.385 e. The second kappa shape index (κ2) is 6.22. The van der Waals surface area contributed by atoms with Crippen molar-refractivity contribution in [1.29, 1.82) is 0 Å². The summed E-state index contributed by atoms with van der Waals surface area (Å²) >= 11 is 0. The average molecular weight is 277 g/mol. The van der Waals surface area contributed by atoms with Crippen molar-refractivity contribution in [3.8, 4) is 0 Å². The molecule has 0 amide bonds. The highest BCUT2D eigenvalue weighted by molar-refractivity contribution is 5.22. The highest BCUT2D eigenvalue weighted by Gasteiger charge is 2.33. The highest BCUT2D eigenvalue weighted by atomic mass is 16.7. The lowest BCUT2D eigenvalue weighted by molar-refractivity contribution is -0.0616. The van der Waals surface area contributed by atoms with Gasteiger partial charge >= 0.3 is 0 Å². The third kappa shape index (κ3) is 3.20. The quantitative estimate of drug-likeness (QED) is 0.910. The topological polar surface area (TPSA) is 41.9 Å². The van der Waals surface area contributed by atoms with Crippen LogP contribution in [-0.2, 0) is 15.1 Å². The van der Waals surface area contributed by atoms with Gasteiger partial charge in [0.05, 0.1) is 18.8 Å². The van der Waals surface area contributed by atoms with Gasteiger partial charge in [-0.05, 0) is 18.4 Å². The van der Waals surface area contributed by atoms with E-state index in [9.17, 15) is 5.11 Å². The van der Waals surface area contributed by atoms with Gasteiger partial charge in [-0.2, -0.15) is 0 Å². The largest absolute Gasteiger partial charge is 0.385 e. The Morgan fingerprint density at radius 1 is 1.10 bits per heavy atom. The van der Waals surface area contributed by atoms with E-state index in [0.717, 1.165) is 57.7 Å². The number of nitrogens with zero attached hydrogens (tertiary/aromatic N) is 1. The smallest absolute Gasteiger partial charge is 0.159 e. The maximum Gasteiger partial charge on any atom is 0.159 e. The van der Waals surface area contributed by atoms with Gasteiger partial charge in [0.2, 0.25) is 0 Å². The monoisotopic (exact) mass is 277 g/mol. The molecule has 0 saturated carbocycles. The van der Waals surface area contributed by atoms with Crippen LogP contribution in [-0.4, -0.2) is 49.1 Å². The van der Waals surface area contributed by atoms with Gasteiger partial charge in [0, 0.05) is 26.1 Å². The Morgan fingerprint density at radius 2 is 1.75 bits per heavy atom. The van der Waals surface area contributed by atoms with Gasteiger partial charge in [0.25, 0.3) is 0 Å². The molecule has 3 rings (SSSR count). The Bertz CT molecular complexity index is 409. The lowest BCUT2D eigenvalue weighted by atomic mass is 9.84. The van der Waals surface area contributed by atoms with Crippen molar-refractivity contribution in [3.05, 3.63) is 35.9 Å². The highest BCUT2D eigenvalue weighted by Crippen LogP contribution is 2.32. The molecule has 0 radical (unpaired) electrons. The third-order valence-corrected chi connectivity index (χ3v) is 4.37. The summed E-state index contributed by atoms with van der Waals surface area (Å²) < 4.78 is 10.9. The number of piperidine rings is 1. The van der Waals surface area contributed by atoms with Crippen molar-refractivity contribution in [3.63, 3.8) is 0 Å². The summed E-state index contributed by atoms with van der Waals surface area (Å²) in [6.07, 6.45) is 2.49. The van der Waals surface area contributed by atoms with Crippen LogP contribution in [0.15, 0.2) is 30.3 Å². The van der Waals surface area contributed by atoms with E-state index in [4.69, 9.17) is 9.47 Å². The van der Waals surface area contributed by atoms with Crippen LogP contribution >= 0.6 is 0 Å². The molecule has 1 aromatic carbocycles. The summed E-state index contributed by atoms with van der Waals surface area (Å²) in [5.74, 6) is 0. The van der Waals surface area contributed by atoms with E-state index >= 15 is 0 Å². The first-order valence-electron chi connectivity index (χ1n) is 7.50. The van der Waals surface area contributed by atoms with Gasteiger partial charge in [-0.1, -0.05) is 30.3 Å². The van der Waals surface area contributed by atoms with E-state index in [-0.39, 0.29) is 6.29 Å². The van der Waals surface area contributed by atoms with Gasteiger partial charge < -0.3 is 19.5 Å². The molecule has 20 heavy (non-hydrogen) atoms. The molecule has 0 aromatic heterocycles. The molecule has 4 heteroatoms. The molecule has 1 aromatic rings. The molecule has 2 aliphatic heterocycles. The SMILES string of the molecule is OC1(c2ccccc2)CCN(CCC2OCCO2)CC1. The fourth-order valence-corrected chi connectivity index (χ4v) is 3.05. The second-order valence-electron chi connectivity index (χ2n) is 5.70. The summed E-state index contributed by atoms with van der Waals surface area (Å²) in [5, 5.41) is 10.8. The minimum atomic E-state index is -0.655. The van der Waals surface area contributed by atoms with E-state index in [1.807, 2.05) is 30.3 Å². The predicted molar refractivity (Wildman–Crippen MR) is 76.3 cm³/mol. The summed E-state index contributed by atoms with van der Waals surface area (Å²) in [6.45, 7) is 4.28. The van der Waals surface area contributed by atoms with Crippen molar-refractivity contribution in [2.45, 2.75) is 31.2 Å². The van der Waals surface area contributed by atoms with Gasteiger partial charge in [0.1, 0.15) is 0 Å². The number of ether oxygens (including phenoxy) is 2. The van der Waals surface area contributed by atoms with Crippen molar-refractivity contribution < 1.29 is 14.6 Å². The first-order valence-corrected chi connectivity index (χ1v) is 7.50. The standard InChI is InChI=1S/C16H23NO3/c18-16(14-4-2-1-3-5-14)7-10-17(11-8-16)9-6-15-19-12-13-20-15/h1-5,15,18H,6-13H2. The van der Waals surface area contributed by atoms with Crippen LogP contribution in [0.3, 0.4) is 0 Å². The van der Waals surface area contributed by atoms with Crippen LogP contribution in [0.2, 0.25) is 0 Å². The molecule has 2 saturated heterocycles. The summed E-state index contributed by atoms with van der Waals surface area (Å²) in [7, 11) is 0. The van der Waals surface area contributed by atoms with Crippen molar-refractivity contribution in [2.24, 2.45) is 0 Å². The molecule has 2 heterocycles. The molecule has 110 valence electrons. The Kier molecular flexibility index (Phi) is 4.36. The lowest BCUT2D eigenvalue weighted by Crippen LogP contribution is -2.43. The van der Waals surface area contributed by atoms with E-state index in [2.05, 4.69) is 4.90 Å². The van der Waals surface area contributed by atoms with E-state index in [1.54, 1.807) is 0 Å². The van der Waals surface area contributed by atoms with Gasteiger partial charge in [-0.3, -0.25) is 0 Å². The molecule has 0 spiro atoms. The summed E-state index contributed by atoms with van der Waals surface area (Å²) in [5.41, 5.74) is 0.389. The molecular weight excluding hydrogens is 254 g/mol. The fraction of sp³-hybridized carbons (Fsp3) is 0.625. The Balaban J connectivity index is 1.49. The number of likely N-dealkylation sites (tertiary alicyclic amines) is 1. The lowest BCUT2D eigenvalue weighted by Gasteiger charge is -2.38. The maximum atomic E-state index is 10.8. The Labute approximate surface area is 120 Å². The van der Waals surface area contributed by atoms with Gasteiger partial charge in [0.15, 0.2) is 6.29 Å². The van der Waals surface area contributed by atoms with E-state index in [0.29, 0.717) is 0 Å². The third-order valence-electron chi connectivity index (χ3n) is 4.37. The van der Waals surface area contributed by atoms with Crippen LogP contribution in [0.5, 0.6) is 0 Å². The molecule has 2 fully saturated rings. The Hall–Kier alpha value is -0.940. The summed E-state index contributed by atoms with van der Waals surface area (Å²) in [4.78, 5) is 2.39. The fourth-order valence-electron chi connectivity index (χ4n) is 3.05. The summed E-state index contributed by atoms with van der Waals surface area (Å²) in [6, 6.07) is 10.0. The van der Waals surface area contributed by atoms with Crippen molar-refractivity contribution in [1.82, 2.24) is 4.90 Å². The number of rotatable bonds is 4. The van der Waals surface area contributed by atoms with Crippen LogP contribution in [0.1, 0.15) is 24.8 Å².